The Kier molecular flexibility index (Phi) is 3.55. The first-order chi connectivity index (χ1) is 6.61. The minimum absolute atomic E-state index is 0.0737. The van der Waals surface area contributed by atoms with Crippen LogP contribution in [0.1, 0.15) is 5.56 Å². The molecule has 0 atom stereocenters. The summed E-state index contributed by atoms with van der Waals surface area (Å²) in [4.78, 5) is 0. The molecule has 0 spiro atoms. The highest BCUT2D eigenvalue weighted by molar-refractivity contribution is 6.69. The van der Waals surface area contributed by atoms with Crippen molar-refractivity contribution in [3.63, 3.8) is 0 Å². The van der Waals surface area contributed by atoms with Crippen molar-refractivity contribution in [3.8, 4) is 5.75 Å². The van der Waals surface area contributed by atoms with Gasteiger partial charge in [-0.2, -0.15) is 0 Å². The average Bonchev–Trinajstić information content (AvgIpc) is 2.18. The van der Waals surface area contributed by atoms with Gasteiger partial charge in [0.1, 0.15) is 0 Å². The summed E-state index contributed by atoms with van der Waals surface area (Å²) >= 11 is 11.1. The molecule has 0 aliphatic heterocycles. The standard InChI is InChI=1S/C8H6Cl2FNO2/c1-14-7-5(9)3-2-4(6(7)11)8(10)12-13/h2-3,13H,1H3/b12-8-. The summed E-state index contributed by atoms with van der Waals surface area (Å²) in [6, 6.07) is 2.69. The maximum Gasteiger partial charge on any atom is 0.178 e. The molecule has 0 amide bonds. The van der Waals surface area contributed by atoms with Gasteiger partial charge in [0.05, 0.1) is 17.7 Å². The predicted molar refractivity (Wildman–Crippen MR) is 52.1 cm³/mol. The Labute approximate surface area is 89.7 Å². The van der Waals surface area contributed by atoms with Crippen molar-refractivity contribution >= 4 is 28.4 Å². The van der Waals surface area contributed by atoms with E-state index in [4.69, 9.17) is 33.1 Å². The van der Waals surface area contributed by atoms with E-state index in [1.54, 1.807) is 0 Å². The topological polar surface area (TPSA) is 41.8 Å². The van der Waals surface area contributed by atoms with Crippen molar-refractivity contribution in [2.24, 2.45) is 5.16 Å². The number of hydrogen-bond acceptors (Lipinski definition) is 3. The first-order valence-electron chi connectivity index (χ1n) is 3.51. The van der Waals surface area contributed by atoms with Crippen molar-refractivity contribution < 1.29 is 14.3 Å². The Morgan fingerprint density at radius 3 is 2.71 bits per heavy atom. The number of benzene rings is 1. The van der Waals surface area contributed by atoms with Gasteiger partial charge < -0.3 is 9.94 Å². The first kappa shape index (κ1) is 11.1. The molecule has 14 heavy (non-hydrogen) atoms. The third-order valence-corrected chi connectivity index (χ3v) is 2.14. The Balaban J connectivity index is 3.35. The fourth-order valence-corrected chi connectivity index (χ4v) is 1.30. The predicted octanol–water partition coefficient (Wildman–Crippen LogP) is 2.86. The number of hydrogen-bond donors (Lipinski definition) is 1. The van der Waals surface area contributed by atoms with Gasteiger partial charge in [-0.3, -0.25) is 0 Å². The van der Waals surface area contributed by atoms with Crippen LogP contribution in [0.15, 0.2) is 17.3 Å². The Hall–Kier alpha value is -1.00. The highest BCUT2D eigenvalue weighted by atomic mass is 35.5. The van der Waals surface area contributed by atoms with Gasteiger partial charge in [0.2, 0.25) is 0 Å². The number of methoxy groups -OCH3 is 1. The van der Waals surface area contributed by atoms with Gasteiger partial charge in [-0.05, 0) is 12.1 Å². The molecule has 0 fully saturated rings. The lowest BCUT2D eigenvalue weighted by atomic mass is 10.2. The van der Waals surface area contributed by atoms with E-state index in [1.165, 1.54) is 19.2 Å². The fraction of sp³-hybridized carbons (Fsp3) is 0.125. The van der Waals surface area contributed by atoms with Crippen LogP contribution in [0.2, 0.25) is 5.02 Å². The lowest BCUT2D eigenvalue weighted by Crippen LogP contribution is -1.99. The van der Waals surface area contributed by atoms with Gasteiger partial charge in [-0.25, -0.2) is 4.39 Å². The van der Waals surface area contributed by atoms with Crippen molar-refractivity contribution in [2.45, 2.75) is 0 Å². The highest BCUT2D eigenvalue weighted by Gasteiger charge is 2.15. The monoisotopic (exact) mass is 237 g/mol. The van der Waals surface area contributed by atoms with E-state index in [-0.39, 0.29) is 21.5 Å². The van der Waals surface area contributed by atoms with Gasteiger partial charge >= 0.3 is 0 Å². The molecule has 0 saturated heterocycles. The van der Waals surface area contributed by atoms with E-state index in [1.807, 2.05) is 0 Å². The fourth-order valence-electron chi connectivity index (χ4n) is 0.933. The van der Waals surface area contributed by atoms with E-state index >= 15 is 0 Å². The van der Waals surface area contributed by atoms with Crippen LogP contribution in [0.5, 0.6) is 5.75 Å². The second-order valence-corrected chi connectivity index (χ2v) is 3.10. The minimum Gasteiger partial charge on any atom is -0.492 e. The summed E-state index contributed by atoms with van der Waals surface area (Å²) in [7, 11) is 1.28. The maximum absolute atomic E-state index is 13.5. The number of ether oxygens (including phenoxy) is 1. The molecule has 0 saturated carbocycles. The van der Waals surface area contributed by atoms with Crippen molar-refractivity contribution in [1.82, 2.24) is 0 Å². The molecule has 0 heterocycles. The van der Waals surface area contributed by atoms with E-state index < -0.39 is 5.82 Å². The van der Waals surface area contributed by atoms with Crippen LogP contribution in [0.25, 0.3) is 0 Å². The van der Waals surface area contributed by atoms with Gasteiger partial charge in [-0.15, -0.1) is 0 Å². The molecule has 1 aromatic carbocycles. The number of nitrogens with zero attached hydrogens (tertiary/aromatic N) is 1. The van der Waals surface area contributed by atoms with Crippen LogP contribution < -0.4 is 4.74 Å². The lowest BCUT2D eigenvalue weighted by molar-refractivity contribution is 0.320. The van der Waals surface area contributed by atoms with Crippen LogP contribution in [-0.4, -0.2) is 17.5 Å². The Bertz CT molecular complexity index is 382. The SMILES string of the molecule is COc1c(Cl)ccc(/C(Cl)=N/O)c1F. The molecule has 1 aromatic rings. The van der Waals surface area contributed by atoms with Gasteiger partial charge in [0.25, 0.3) is 0 Å². The minimum atomic E-state index is -0.761. The zero-order chi connectivity index (χ0) is 10.7. The molecule has 0 aliphatic carbocycles. The van der Waals surface area contributed by atoms with Crippen LogP contribution in [0.3, 0.4) is 0 Å². The summed E-state index contributed by atoms with van der Waals surface area (Å²) in [6.07, 6.45) is 0. The summed E-state index contributed by atoms with van der Waals surface area (Å²) in [5.41, 5.74) is -0.0737. The summed E-state index contributed by atoms with van der Waals surface area (Å²) < 4.78 is 18.2. The smallest absolute Gasteiger partial charge is 0.178 e. The molecular weight excluding hydrogens is 232 g/mol. The second kappa shape index (κ2) is 4.48. The Morgan fingerprint density at radius 1 is 1.57 bits per heavy atom. The van der Waals surface area contributed by atoms with Gasteiger partial charge in [0.15, 0.2) is 16.7 Å². The molecule has 1 N–H and O–H groups in total. The molecule has 6 heteroatoms. The molecule has 1 rings (SSSR count). The third-order valence-electron chi connectivity index (χ3n) is 1.56. The molecule has 0 aromatic heterocycles. The maximum atomic E-state index is 13.5. The van der Waals surface area contributed by atoms with E-state index in [0.717, 1.165) is 0 Å². The summed E-state index contributed by atoms with van der Waals surface area (Å²) in [6.45, 7) is 0. The van der Waals surface area contributed by atoms with Crippen LogP contribution >= 0.6 is 23.2 Å². The lowest BCUT2D eigenvalue weighted by Gasteiger charge is -2.06. The first-order valence-corrected chi connectivity index (χ1v) is 4.27. The van der Waals surface area contributed by atoms with E-state index in [0.29, 0.717) is 0 Å². The largest absolute Gasteiger partial charge is 0.492 e. The van der Waals surface area contributed by atoms with Crippen molar-refractivity contribution in [1.29, 1.82) is 0 Å². The Morgan fingerprint density at radius 2 is 2.21 bits per heavy atom. The third kappa shape index (κ3) is 1.91. The van der Waals surface area contributed by atoms with Gasteiger partial charge in [-0.1, -0.05) is 28.4 Å². The van der Waals surface area contributed by atoms with Crippen LogP contribution in [-0.2, 0) is 0 Å². The number of halogens is 3. The molecule has 3 nitrogen and oxygen atoms in total. The average molecular weight is 238 g/mol. The molecule has 0 radical (unpaired) electrons. The van der Waals surface area contributed by atoms with Crippen LogP contribution in [0.4, 0.5) is 4.39 Å². The highest BCUT2D eigenvalue weighted by Crippen LogP contribution is 2.30. The van der Waals surface area contributed by atoms with E-state index in [9.17, 15) is 4.39 Å². The number of rotatable bonds is 2. The van der Waals surface area contributed by atoms with Gasteiger partial charge in [0, 0.05) is 0 Å². The van der Waals surface area contributed by atoms with Crippen LogP contribution in [0, 0.1) is 5.82 Å². The zero-order valence-electron chi connectivity index (χ0n) is 7.09. The van der Waals surface area contributed by atoms with Crippen molar-refractivity contribution in [3.05, 3.63) is 28.5 Å². The second-order valence-electron chi connectivity index (χ2n) is 2.33. The normalized spacial score (nSPS) is 11.6. The van der Waals surface area contributed by atoms with Crippen molar-refractivity contribution in [2.75, 3.05) is 7.11 Å². The number of oxime groups is 1. The zero-order valence-corrected chi connectivity index (χ0v) is 8.60. The summed E-state index contributed by atoms with van der Waals surface area (Å²) in [5, 5.41) is 10.8. The molecule has 0 bridgehead atoms. The summed E-state index contributed by atoms with van der Waals surface area (Å²) in [5.74, 6) is -0.895. The molecular formula is C8H6Cl2FNO2. The molecule has 76 valence electrons. The molecule has 0 aliphatic rings. The van der Waals surface area contributed by atoms with E-state index in [2.05, 4.69) is 5.16 Å². The quantitative estimate of drug-likeness (QED) is 0.489. The molecule has 0 unspecified atom stereocenters.